The first-order chi connectivity index (χ1) is 22.0. The zero-order valence-electron chi connectivity index (χ0n) is 27.4. The molecule has 21 N–H and O–H groups in total. The average Bonchev–Trinajstić information content (AvgIpc) is 2.98. The number of rotatable bonds is 23. The Morgan fingerprint density at radius 2 is 0.915 bits per heavy atom. The molecule has 0 fully saturated rings. The molecule has 21 heteroatoms. The number of hydrogen-bond donors (Lipinski definition) is 11. The highest BCUT2D eigenvalue weighted by molar-refractivity contribution is 5.94. The fraction of sp³-hybridized carbons (Fsp3) is 0.692. The van der Waals surface area contributed by atoms with Crippen LogP contribution in [0.5, 0.6) is 0 Å². The number of nitrogens with zero attached hydrogens (tertiary/aromatic N) is 6. The van der Waals surface area contributed by atoms with Crippen LogP contribution in [0.25, 0.3) is 0 Å². The largest absolute Gasteiger partial charge is 0.370 e. The number of carbonyl (C=O) groups is 4. The quantitative estimate of drug-likeness (QED) is 0.0274. The van der Waals surface area contributed by atoms with E-state index >= 15 is 0 Å². The molecule has 0 aromatic rings. The van der Waals surface area contributed by atoms with Gasteiger partial charge >= 0.3 is 0 Å². The smallest absolute Gasteiger partial charge is 0.245 e. The van der Waals surface area contributed by atoms with Crippen LogP contribution in [0.15, 0.2) is 20.0 Å². The molecule has 4 amide bonds. The minimum Gasteiger partial charge on any atom is -0.370 e. The fourth-order valence-electron chi connectivity index (χ4n) is 4.50. The first-order valence-electron chi connectivity index (χ1n) is 15.1. The Morgan fingerprint density at radius 3 is 1.32 bits per heavy atom. The van der Waals surface area contributed by atoms with Crippen LogP contribution >= 0.6 is 0 Å². The summed E-state index contributed by atoms with van der Waals surface area (Å²) in [5.74, 6) is -2.98. The summed E-state index contributed by atoms with van der Waals surface area (Å²) in [6.45, 7) is 0.833. The first kappa shape index (κ1) is 41.9. The molecule has 0 aromatic heterocycles. The monoisotopic (exact) mass is 669 g/mol. The van der Waals surface area contributed by atoms with Crippen molar-refractivity contribution in [2.45, 2.75) is 75.5 Å². The van der Waals surface area contributed by atoms with E-state index in [2.05, 4.69) is 25.3 Å². The van der Waals surface area contributed by atoms with Crippen molar-refractivity contribution >= 4 is 47.5 Å². The lowest BCUT2D eigenvalue weighted by molar-refractivity contribution is -0.144. The Labute approximate surface area is 275 Å². The lowest BCUT2D eigenvalue weighted by atomic mass is 10.0. The van der Waals surface area contributed by atoms with Crippen molar-refractivity contribution in [3.05, 3.63) is 0 Å². The lowest BCUT2D eigenvalue weighted by Crippen LogP contribution is -2.58. The van der Waals surface area contributed by atoms with Gasteiger partial charge in [0.05, 0.1) is 6.04 Å². The molecule has 0 aliphatic heterocycles. The van der Waals surface area contributed by atoms with Crippen LogP contribution in [-0.4, -0.2) is 122 Å². The van der Waals surface area contributed by atoms with E-state index in [1.807, 2.05) is 0 Å². The van der Waals surface area contributed by atoms with Crippen molar-refractivity contribution in [1.82, 2.24) is 15.1 Å². The van der Waals surface area contributed by atoms with Gasteiger partial charge in [-0.3, -0.25) is 39.1 Å². The van der Waals surface area contributed by atoms with Crippen molar-refractivity contribution < 1.29 is 19.2 Å². The van der Waals surface area contributed by atoms with Gasteiger partial charge in [-0.05, 0) is 51.4 Å². The van der Waals surface area contributed by atoms with Crippen molar-refractivity contribution in [1.29, 1.82) is 0 Å². The molecule has 0 saturated carbocycles. The van der Waals surface area contributed by atoms with E-state index in [9.17, 15) is 19.2 Å². The second kappa shape index (κ2) is 22.4. The Hall–Kier alpha value is -5.08. The maximum absolute atomic E-state index is 13.8. The predicted molar refractivity (Wildman–Crippen MR) is 182 cm³/mol. The van der Waals surface area contributed by atoms with E-state index in [0.717, 1.165) is 0 Å². The third-order valence-corrected chi connectivity index (χ3v) is 6.97. The number of primary amides is 1. The molecule has 0 saturated heterocycles. The van der Waals surface area contributed by atoms with Crippen LogP contribution in [0, 0.1) is 0 Å². The predicted octanol–water partition coefficient (Wildman–Crippen LogP) is -5.85. The van der Waals surface area contributed by atoms with Gasteiger partial charge < -0.3 is 72.5 Å². The van der Waals surface area contributed by atoms with Crippen LogP contribution in [0.4, 0.5) is 0 Å². The molecular formula is C26H55N17O4. The normalized spacial score (nSPS) is 13.1. The summed E-state index contributed by atoms with van der Waals surface area (Å²) >= 11 is 0. The van der Waals surface area contributed by atoms with E-state index in [1.165, 1.54) is 23.9 Å². The summed E-state index contributed by atoms with van der Waals surface area (Å²) in [6, 6.07) is -4.19. The second-order valence-electron chi connectivity index (χ2n) is 10.8. The first-order valence-corrected chi connectivity index (χ1v) is 15.1. The highest BCUT2D eigenvalue weighted by atomic mass is 16.2. The highest BCUT2D eigenvalue weighted by Gasteiger charge is 2.34. The van der Waals surface area contributed by atoms with Crippen LogP contribution < -0.4 is 62.7 Å². The third kappa shape index (κ3) is 17.9. The molecule has 0 aliphatic carbocycles. The van der Waals surface area contributed by atoms with Crippen molar-refractivity contribution in [3.63, 3.8) is 0 Å². The van der Waals surface area contributed by atoms with Gasteiger partial charge in [-0.2, -0.15) is 0 Å². The third-order valence-electron chi connectivity index (χ3n) is 6.97. The number of amides is 4. The van der Waals surface area contributed by atoms with Gasteiger partial charge in [0.2, 0.25) is 23.6 Å². The molecule has 0 unspecified atom stereocenters. The minimum atomic E-state index is -1.14. The molecule has 268 valence electrons. The molecular weight excluding hydrogens is 614 g/mol. The molecule has 0 aromatic carbocycles. The van der Waals surface area contributed by atoms with Crippen LogP contribution in [0.3, 0.4) is 0 Å². The molecule has 0 radical (unpaired) electrons. The lowest BCUT2D eigenvalue weighted by Gasteiger charge is -2.33. The van der Waals surface area contributed by atoms with E-state index in [-0.39, 0.29) is 75.7 Å². The van der Waals surface area contributed by atoms with E-state index < -0.39 is 47.8 Å². The van der Waals surface area contributed by atoms with Crippen molar-refractivity contribution in [2.75, 3.05) is 40.3 Å². The summed E-state index contributed by atoms with van der Waals surface area (Å²) < 4.78 is 0. The molecule has 0 rings (SSSR count). The SMILES string of the molecule is CN(C(=O)[C@H](CCCN=C(N)N)NC(=O)[C@H](CCCN=C(N)N)N(C)C(=O)[C@@H](N)CCCN=C(N)N)[C@@H](CCCN=C(N)N)C(N)=O. The molecule has 47 heavy (non-hydrogen) atoms. The zero-order chi connectivity index (χ0) is 36.1. The van der Waals surface area contributed by atoms with Gasteiger partial charge in [0.25, 0.3) is 0 Å². The molecule has 21 nitrogen and oxygen atoms in total. The number of carbonyl (C=O) groups excluding carboxylic acids is 4. The highest BCUT2D eigenvalue weighted by Crippen LogP contribution is 2.14. The number of nitrogens with one attached hydrogen (secondary N) is 1. The van der Waals surface area contributed by atoms with E-state index in [4.69, 9.17) is 57.3 Å². The van der Waals surface area contributed by atoms with Crippen LogP contribution in [-0.2, 0) is 19.2 Å². The Bertz CT molecular complexity index is 1130. The van der Waals surface area contributed by atoms with E-state index in [1.54, 1.807) is 0 Å². The van der Waals surface area contributed by atoms with Gasteiger partial charge in [0.15, 0.2) is 23.8 Å². The van der Waals surface area contributed by atoms with Crippen molar-refractivity contribution in [3.8, 4) is 0 Å². The number of guanidine groups is 4. The minimum absolute atomic E-state index is 0.0827. The molecule has 4 atom stereocenters. The zero-order valence-corrected chi connectivity index (χ0v) is 27.4. The van der Waals surface area contributed by atoms with Gasteiger partial charge in [-0.1, -0.05) is 0 Å². The Morgan fingerprint density at radius 1 is 0.553 bits per heavy atom. The van der Waals surface area contributed by atoms with Gasteiger partial charge in [-0.15, -0.1) is 0 Å². The van der Waals surface area contributed by atoms with Gasteiger partial charge in [-0.25, -0.2) is 0 Å². The van der Waals surface area contributed by atoms with Gasteiger partial charge in [0, 0.05) is 40.3 Å². The number of likely N-dealkylation sites (N-methyl/N-ethyl adjacent to an activating group) is 2. The second-order valence-corrected chi connectivity index (χ2v) is 10.8. The van der Waals surface area contributed by atoms with Gasteiger partial charge in [0.1, 0.15) is 18.1 Å². The number of hydrogen-bond acceptors (Lipinski definition) is 9. The molecule has 0 bridgehead atoms. The summed E-state index contributed by atoms with van der Waals surface area (Å²) in [5, 5.41) is 2.74. The van der Waals surface area contributed by atoms with E-state index in [0.29, 0.717) is 25.7 Å². The summed E-state index contributed by atoms with van der Waals surface area (Å²) in [6.07, 6.45) is 2.01. The molecule has 0 aliphatic rings. The number of nitrogens with two attached hydrogens (primary N) is 10. The molecule has 0 spiro atoms. The Balaban J connectivity index is 6.13. The average molecular weight is 670 g/mol. The van der Waals surface area contributed by atoms with Crippen LogP contribution in [0.1, 0.15) is 51.4 Å². The maximum Gasteiger partial charge on any atom is 0.245 e. The Kier molecular flexibility index (Phi) is 20.0. The maximum atomic E-state index is 13.8. The molecule has 0 heterocycles. The number of aliphatic imine (C=N–C) groups is 4. The summed E-state index contributed by atoms with van der Waals surface area (Å²) in [4.78, 5) is 71.1. The summed E-state index contributed by atoms with van der Waals surface area (Å²) in [5.41, 5.74) is 54.8. The van der Waals surface area contributed by atoms with Crippen molar-refractivity contribution in [2.24, 2.45) is 77.3 Å². The summed E-state index contributed by atoms with van der Waals surface area (Å²) in [7, 11) is 2.83. The topological polar surface area (TPSA) is 396 Å². The fourth-order valence-corrected chi connectivity index (χ4v) is 4.50. The standard InChI is InChI=1S/C26H55N17O4/c1-42(17(19(28)44)9-5-13-39-25(33)34)22(47)16(8-4-12-38-24(31)32)41-20(45)18(10-6-14-40-26(35)36)43(2)21(46)15(27)7-3-11-37-23(29)30/h15-18H,3-14,27H2,1-2H3,(H2,28,44)(H,41,45)(H4,29,30,37)(H4,31,32,38)(H4,33,34,39)(H4,35,36,40)/t15-,16-,17-,18-/m0/s1. The van der Waals surface area contributed by atoms with Crippen LogP contribution in [0.2, 0.25) is 0 Å².